The van der Waals surface area contributed by atoms with Crippen molar-refractivity contribution in [3.05, 3.63) is 40.3 Å². The summed E-state index contributed by atoms with van der Waals surface area (Å²) in [6.07, 6.45) is 0. The molecular weight excluding hydrogens is 280 g/mol. The largest absolute Gasteiger partial charge is 0.482 e. The number of aromatic nitrogens is 1. The molecule has 1 heterocycles. The summed E-state index contributed by atoms with van der Waals surface area (Å²) in [5.41, 5.74) is 3.35. The number of carbonyl (C=O) groups excluding carboxylic acids is 1. The summed E-state index contributed by atoms with van der Waals surface area (Å²) in [6, 6.07) is 4.93. The fourth-order valence-corrected chi connectivity index (χ4v) is 2.05. The van der Waals surface area contributed by atoms with Gasteiger partial charge in [0.1, 0.15) is 11.4 Å². The minimum atomic E-state index is -1.04. The van der Waals surface area contributed by atoms with Gasteiger partial charge >= 0.3 is 5.97 Å². The summed E-state index contributed by atoms with van der Waals surface area (Å²) >= 11 is 1.35. The van der Waals surface area contributed by atoms with Gasteiger partial charge in [-0.3, -0.25) is 4.79 Å². The second-order valence-electron chi connectivity index (χ2n) is 3.99. The molecule has 1 aromatic heterocycles. The zero-order valence-electron chi connectivity index (χ0n) is 10.6. The van der Waals surface area contributed by atoms with E-state index < -0.39 is 12.6 Å². The molecule has 7 heteroatoms. The topological polar surface area (TPSA) is 88.5 Å². The van der Waals surface area contributed by atoms with E-state index in [1.54, 1.807) is 36.0 Å². The summed E-state index contributed by atoms with van der Waals surface area (Å²) in [5.74, 6) is -0.881. The molecule has 0 aliphatic carbocycles. The highest BCUT2D eigenvalue weighted by atomic mass is 32.1. The van der Waals surface area contributed by atoms with Crippen LogP contribution in [0.4, 0.5) is 5.69 Å². The molecule has 20 heavy (non-hydrogen) atoms. The van der Waals surface area contributed by atoms with Gasteiger partial charge in [0, 0.05) is 11.1 Å². The maximum Gasteiger partial charge on any atom is 0.341 e. The lowest BCUT2D eigenvalue weighted by Gasteiger charge is -2.09. The van der Waals surface area contributed by atoms with E-state index in [0.29, 0.717) is 17.1 Å². The molecule has 0 unspecified atom stereocenters. The van der Waals surface area contributed by atoms with Gasteiger partial charge in [0.15, 0.2) is 6.61 Å². The average Bonchev–Trinajstić information content (AvgIpc) is 2.93. The highest BCUT2D eigenvalue weighted by molar-refractivity contribution is 7.07. The van der Waals surface area contributed by atoms with Crippen LogP contribution in [-0.2, 0) is 4.79 Å². The fraction of sp³-hybridized carbons (Fsp3) is 0.154. The van der Waals surface area contributed by atoms with Gasteiger partial charge in [0.05, 0.1) is 5.51 Å². The molecule has 0 saturated carbocycles. The first-order valence-corrected chi connectivity index (χ1v) is 6.65. The molecule has 0 atom stereocenters. The highest BCUT2D eigenvalue weighted by Crippen LogP contribution is 2.22. The van der Waals surface area contributed by atoms with Gasteiger partial charge in [-0.25, -0.2) is 9.78 Å². The molecule has 1 amide bonds. The van der Waals surface area contributed by atoms with Crippen LogP contribution in [0.15, 0.2) is 29.1 Å². The number of carbonyl (C=O) groups is 2. The fourth-order valence-electron chi connectivity index (χ4n) is 1.52. The van der Waals surface area contributed by atoms with Crippen LogP contribution >= 0.6 is 11.3 Å². The van der Waals surface area contributed by atoms with E-state index in [1.165, 1.54) is 11.3 Å². The second-order valence-corrected chi connectivity index (χ2v) is 4.71. The number of aryl methyl sites for hydroxylation is 1. The van der Waals surface area contributed by atoms with Crippen LogP contribution in [-0.4, -0.2) is 28.6 Å². The van der Waals surface area contributed by atoms with E-state index in [1.807, 2.05) is 0 Å². The van der Waals surface area contributed by atoms with E-state index in [4.69, 9.17) is 9.84 Å². The van der Waals surface area contributed by atoms with E-state index in [9.17, 15) is 9.59 Å². The third-order valence-electron chi connectivity index (χ3n) is 2.47. The number of amides is 1. The van der Waals surface area contributed by atoms with Crippen molar-refractivity contribution in [1.82, 2.24) is 4.98 Å². The Morgan fingerprint density at radius 1 is 1.45 bits per heavy atom. The molecule has 2 rings (SSSR count). The molecule has 0 bridgehead atoms. The van der Waals surface area contributed by atoms with Crippen LogP contribution in [0.3, 0.4) is 0 Å². The number of nitrogens with one attached hydrogen (secondary N) is 1. The number of carboxylic acids is 1. The molecule has 0 aliphatic rings. The summed E-state index contributed by atoms with van der Waals surface area (Å²) < 4.78 is 5.06. The molecule has 0 spiro atoms. The minimum Gasteiger partial charge on any atom is -0.482 e. The van der Waals surface area contributed by atoms with E-state index >= 15 is 0 Å². The van der Waals surface area contributed by atoms with Gasteiger partial charge in [-0.15, -0.1) is 11.3 Å². The van der Waals surface area contributed by atoms with Crippen molar-refractivity contribution in [2.45, 2.75) is 6.92 Å². The lowest BCUT2D eigenvalue weighted by Crippen LogP contribution is -2.13. The Hall–Kier alpha value is -2.41. The molecule has 0 radical (unpaired) electrons. The predicted octanol–water partition coefficient (Wildman–Crippen LogP) is 2.17. The van der Waals surface area contributed by atoms with Crippen molar-refractivity contribution in [3.8, 4) is 5.75 Å². The smallest absolute Gasteiger partial charge is 0.341 e. The van der Waals surface area contributed by atoms with Crippen LogP contribution in [0.1, 0.15) is 16.1 Å². The Labute approximate surface area is 119 Å². The molecule has 0 saturated heterocycles. The average molecular weight is 292 g/mol. The maximum atomic E-state index is 11.9. The number of thiazole rings is 1. The molecular formula is C13H12N2O4S. The summed E-state index contributed by atoms with van der Waals surface area (Å²) in [5, 5.41) is 12.9. The lowest BCUT2D eigenvalue weighted by molar-refractivity contribution is -0.139. The number of ether oxygens (including phenoxy) is 1. The Balaban J connectivity index is 2.06. The highest BCUT2D eigenvalue weighted by Gasteiger charge is 2.10. The van der Waals surface area contributed by atoms with Crippen molar-refractivity contribution in [1.29, 1.82) is 0 Å². The Morgan fingerprint density at radius 3 is 2.85 bits per heavy atom. The number of rotatable bonds is 5. The van der Waals surface area contributed by atoms with Gasteiger partial charge in [-0.1, -0.05) is 0 Å². The zero-order chi connectivity index (χ0) is 14.5. The molecule has 6 nitrogen and oxygen atoms in total. The van der Waals surface area contributed by atoms with Crippen LogP contribution in [0.2, 0.25) is 0 Å². The molecule has 1 aromatic carbocycles. The number of aliphatic carboxylic acids is 1. The monoisotopic (exact) mass is 292 g/mol. The van der Waals surface area contributed by atoms with Crippen LogP contribution in [0.25, 0.3) is 0 Å². The van der Waals surface area contributed by atoms with Crippen molar-refractivity contribution in [2.75, 3.05) is 11.9 Å². The molecule has 2 N–H and O–H groups in total. The second kappa shape index (κ2) is 6.16. The van der Waals surface area contributed by atoms with Gasteiger partial charge in [-0.05, 0) is 30.7 Å². The minimum absolute atomic E-state index is 0.284. The standard InChI is InChI=1S/C13H12N2O4S/c1-8-4-9(19-5-12(16)17)2-3-10(8)15-13(18)11-6-20-7-14-11/h2-4,6-7H,5H2,1H3,(H,15,18)(H,16,17). The van der Waals surface area contributed by atoms with Crippen molar-refractivity contribution < 1.29 is 19.4 Å². The van der Waals surface area contributed by atoms with Crippen LogP contribution in [0, 0.1) is 6.92 Å². The first-order valence-electron chi connectivity index (χ1n) is 5.71. The van der Waals surface area contributed by atoms with Gasteiger partial charge < -0.3 is 15.2 Å². The predicted molar refractivity (Wildman–Crippen MR) is 74.4 cm³/mol. The third kappa shape index (κ3) is 3.55. The van der Waals surface area contributed by atoms with E-state index in [-0.39, 0.29) is 5.91 Å². The maximum absolute atomic E-state index is 11.9. The van der Waals surface area contributed by atoms with Gasteiger partial charge in [0.25, 0.3) is 5.91 Å². The Morgan fingerprint density at radius 2 is 2.25 bits per heavy atom. The Kier molecular flexibility index (Phi) is 4.31. The summed E-state index contributed by atoms with van der Waals surface area (Å²) in [6.45, 7) is 1.40. The van der Waals surface area contributed by atoms with Crippen molar-refractivity contribution >= 4 is 28.9 Å². The van der Waals surface area contributed by atoms with Gasteiger partial charge in [-0.2, -0.15) is 0 Å². The van der Waals surface area contributed by atoms with Crippen molar-refractivity contribution in [3.63, 3.8) is 0 Å². The SMILES string of the molecule is Cc1cc(OCC(=O)O)ccc1NC(=O)c1cscn1. The quantitative estimate of drug-likeness (QED) is 0.881. The number of benzene rings is 1. The van der Waals surface area contributed by atoms with Crippen LogP contribution < -0.4 is 10.1 Å². The van der Waals surface area contributed by atoms with Crippen LogP contribution in [0.5, 0.6) is 5.75 Å². The molecule has 0 fully saturated rings. The number of hydrogen-bond donors (Lipinski definition) is 2. The van der Waals surface area contributed by atoms with Gasteiger partial charge in [0.2, 0.25) is 0 Å². The zero-order valence-corrected chi connectivity index (χ0v) is 11.4. The summed E-state index contributed by atoms with van der Waals surface area (Å²) in [7, 11) is 0. The third-order valence-corrected chi connectivity index (χ3v) is 3.06. The number of nitrogens with zero attached hydrogens (tertiary/aromatic N) is 1. The normalized spacial score (nSPS) is 10.1. The Bertz CT molecular complexity index is 625. The lowest BCUT2D eigenvalue weighted by atomic mass is 10.2. The van der Waals surface area contributed by atoms with E-state index in [2.05, 4.69) is 10.3 Å². The first-order chi connectivity index (χ1) is 9.56. The van der Waals surface area contributed by atoms with E-state index in [0.717, 1.165) is 5.56 Å². The molecule has 104 valence electrons. The summed E-state index contributed by atoms with van der Waals surface area (Å²) in [4.78, 5) is 26.2. The van der Waals surface area contributed by atoms with Crippen molar-refractivity contribution in [2.24, 2.45) is 0 Å². The first kappa shape index (κ1) is 14.0. The molecule has 0 aliphatic heterocycles. The molecule has 2 aromatic rings. The number of carboxylic acid groups (broad SMARTS) is 1. The number of anilines is 1. The number of hydrogen-bond acceptors (Lipinski definition) is 5.